The molecule has 0 bridgehead atoms. The van der Waals surface area contributed by atoms with Crippen molar-refractivity contribution in [3.8, 4) is 0 Å². The van der Waals surface area contributed by atoms with Crippen LogP contribution in [0.3, 0.4) is 0 Å². The molecule has 0 saturated carbocycles. The lowest BCUT2D eigenvalue weighted by Crippen LogP contribution is -2.22. The number of rotatable bonds is 4. The molecule has 0 amide bonds. The summed E-state index contributed by atoms with van der Waals surface area (Å²) >= 11 is 1.63. The minimum Gasteiger partial charge on any atom is -0.469 e. The van der Waals surface area contributed by atoms with Gasteiger partial charge in [-0.25, -0.2) is 9.97 Å². The SMILES string of the molecule is COC(=O)CCN(C)c1ncnc2c(C)csc12. The largest absolute Gasteiger partial charge is 0.469 e. The monoisotopic (exact) mass is 265 g/mol. The van der Waals surface area contributed by atoms with E-state index in [1.54, 1.807) is 17.7 Å². The number of hydrogen-bond acceptors (Lipinski definition) is 6. The van der Waals surface area contributed by atoms with Gasteiger partial charge in [0.2, 0.25) is 0 Å². The molecule has 0 atom stereocenters. The van der Waals surface area contributed by atoms with Crippen molar-refractivity contribution in [3.63, 3.8) is 0 Å². The number of methoxy groups -OCH3 is 1. The lowest BCUT2D eigenvalue weighted by atomic mass is 10.3. The van der Waals surface area contributed by atoms with Crippen molar-refractivity contribution in [1.82, 2.24) is 9.97 Å². The van der Waals surface area contributed by atoms with Gasteiger partial charge in [-0.15, -0.1) is 11.3 Å². The van der Waals surface area contributed by atoms with Gasteiger partial charge in [0.05, 0.1) is 23.7 Å². The standard InChI is InChI=1S/C12H15N3O2S/c1-8-6-18-11-10(8)13-7-14-12(11)15(2)5-4-9(16)17-3/h6-7H,4-5H2,1-3H3. The highest BCUT2D eigenvalue weighted by atomic mass is 32.1. The van der Waals surface area contributed by atoms with Gasteiger partial charge >= 0.3 is 5.97 Å². The van der Waals surface area contributed by atoms with Crippen molar-refractivity contribution in [3.05, 3.63) is 17.3 Å². The molecule has 2 heterocycles. The van der Waals surface area contributed by atoms with Crippen LogP contribution in [-0.4, -0.2) is 36.6 Å². The Morgan fingerprint density at radius 3 is 3.00 bits per heavy atom. The van der Waals surface area contributed by atoms with E-state index < -0.39 is 0 Å². The topological polar surface area (TPSA) is 55.3 Å². The summed E-state index contributed by atoms with van der Waals surface area (Å²) in [6.45, 7) is 2.61. The molecule has 0 fully saturated rings. The second kappa shape index (κ2) is 5.30. The van der Waals surface area contributed by atoms with E-state index in [2.05, 4.69) is 20.1 Å². The first-order valence-corrected chi connectivity index (χ1v) is 6.48. The van der Waals surface area contributed by atoms with E-state index in [9.17, 15) is 4.79 Å². The average molecular weight is 265 g/mol. The molecule has 0 spiro atoms. The highest BCUT2D eigenvalue weighted by molar-refractivity contribution is 7.18. The molecule has 5 nitrogen and oxygen atoms in total. The molecule has 0 radical (unpaired) electrons. The van der Waals surface area contributed by atoms with Crippen LogP contribution in [0.1, 0.15) is 12.0 Å². The second-order valence-corrected chi connectivity index (χ2v) is 4.92. The Morgan fingerprint density at radius 1 is 1.50 bits per heavy atom. The molecule has 0 aliphatic rings. The molecular formula is C12H15N3O2S. The van der Waals surface area contributed by atoms with E-state index in [4.69, 9.17) is 0 Å². The Labute approximate surface area is 109 Å². The van der Waals surface area contributed by atoms with Crippen molar-refractivity contribution < 1.29 is 9.53 Å². The summed E-state index contributed by atoms with van der Waals surface area (Å²) in [5.41, 5.74) is 2.13. The lowest BCUT2D eigenvalue weighted by Gasteiger charge is -2.17. The van der Waals surface area contributed by atoms with Gasteiger partial charge in [0.25, 0.3) is 0 Å². The van der Waals surface area contributed by atoms with E-state index in [-0.39, 0.29) is 5.97 Å². The fraction of sp³-hybridized carbons (Fsp3) is 0.417. The molecule has 2 aromatic heterocycles. The fourth-order valence-electron chi connectivity index (χ4n) is 1.70. The molecule has 96 valence electrons. The van der Waals surface area contributed by atoms with Gasteiger partial charge in [-0.2, -0.15) is 0 Å². The predicted octanol–water partition coefficient (Wildman–Crippen LogP) is 2.00. The Balaban J connectivity index is 2.22. The third kappa shape index (κ3) is 2.43. The van der Waals surface area contributed by atoms with Crippen molar-refractivity contribution in [1.29, 1.82) is 0 Å². The number of fused-ring (bicyclic) bond motifs is 1. The summed E-state index contributed by atoms with van der Waals surface area (Å²) in [6, 6.07) is 0. The fourth-order valence-corrected chi connectivity index (χ4v) is 2.74. The van der Waals surface area contributed by atoms with Crippen LogP contribution in [0.25, 0.3) is 10.2 Å². The number of aryl methyl sites for hydroxylation is 1. The molecule has 0 aliphatic heterocycles. The summed E-state index contributed by atoms with van der Waals surface area (Å²) in [6.07, 6.45) is 1.91. The van der Waals surface area contributed by atoms with Crippen molar-refractivity contribution in [2.24, 2.45) is 0 Å². The van der Waals surface area contributed by atoms with Crippen LogP contribution >= 0.6 is 11.3 Å². The molecule has 0 saturated heterocycles. The number of carbonyl (C=O) groups excluding carboxylic acids is 1. The first kappa shape index (κ1) is 12.8. The van der Waals surface area contributed by atoms with Crippen molar-refractivity contribution >= 4 is 33.3 Å². The van der Waals surface area contributed by atoms with Crippen molar-refractivity contribution in [2.45, 2.75) is 13.3 Å². The number of aromatic nitrogens is 2. The normalized spacial score (nSPS) is 10.6. The molecular weight excluding hydrogens is 250 g/mol. The quantitative estimate of drug-likeness (QED) is 0.791. The smallest absolute Gasteiger partial charge is 0.307 e. The van der Waals surface area contributed by atoms with Gasteiger partial charge < -0.3 is 9.64 Å². The van der Waals surface area contributed by atoms with Crippen LogP contribution in [0.2, 0.25) is 0 Å². The summed E-state index contributed by atoms with van der Waals surface area (Å²) < 4.78 is 5.69. The molecule has 6 heteroatoms. The number of hydrogen-bond donors (Lipinski definition) is 0. The molecule has 2 rings (SSSR count). The average Bonchev–Trinajstić information content (AvgIpc) is 2.77. The first-order valence-electron chi connectivity index (χ1n) is 5.60. The number of esters is 1. The molecule has 0 N–H and O–H groups in total. The lowest BCUT2D eigenvalue weighted by molar-refractivity contribution is -0.140. The number of nitrogens with zero attached hydrogens (tertiary/aromatic N) is 3. The Morgan fingerprint density at radius 2 is 2.28 bits per heavy atom. The van der Waals surface area contributed by atoms with E-state index in [1.807, 2.05) is 18.9 Å². The number of anilines is 1. The van der Waals surface area contributed by atoms with Crippen LogP contribution < -0.4 is 4.90 Å². The maximum Gasteiger partial charge on any atom is 0.307 e. The molecule has 2 aromatic rings. The molecule has 0 aromatic carbocycles. The second-order valence-electron chi connectivity index (χ2n) is 4.04. The highest BCUT2D eigenvalue weighted by Gasteiger charge is 2.12. The molecule has 0 unspecified atom stereocenters. The van der Waals surface area contributed by atoms with Crippen LogP contribution in [0, 0.1) is 6.92 Å². The van der Waals surface area contributed by atoms with Gasteiger partial charge in [0.1, 0.15) is 12.1 Å². The van der Waals surface area contributed by atoms with Gasteiger partial charge in [-0.1, -0.05) is 0 Å². The van der Waals surface area contributed by atoms with E-state index >= 15 is 0 Å². The minimum atomic E-state index is -0.213. The number of thiophene rings is 1. The van der Waals surface area contributed by atoms with Gasteiger partial charge in [0, 0.05) is 13.6 Å². The summed E-state index contributed by atoms with van der Waals surface area (Å²) in [5, 5.41) is 2.07. The van der Waals surface area contributed by atoms with Crippen molar-refractivity contribution in [2.75, 3.05) is 25.6 Å². The van der Waals surface area contributed by atoms with E-state index in [0.29, 0.717) is 13.0 Å². The Hall–Kier alpha value is -1.69. The zero-order valence-corrected chi connectivity index (χ0v) is 11.5. The summed E-state index contributed by atoms with van der Waals surface area (Å²) in [5.74, 6) is 0.650. The molecule has 18 heavy (non-hydrogen) atoms. The zero-order chi connectivity index (χ0) is 13.1. The first-order chi connectivity index (χ1) is 8.63. The summed E-state index contributed by atoms with van der Waals surface area (Å²) in [4.78, 5) is 21.7. The predicted molar refractivity (Wildman–Crippen MR) is 72.1 cm³/mol. The van der Waals surface area contributed by atoms with Gasteiger partial charge in [0.15, 0.2) is 0 Å². The Bertz CT molecular complexity index is 567. The van der Waals surface area contributed by atoms with Crippen LogP contribution in [0.4, 0.5) is 5.82 Å². The molecule has 0 aliphatic carbocycles. The number of carbonyl (C=O) groups is 1. The summed E-state index contributed by atoms with van der Waals surface area (Å²) in [7, 11) is 3.31. The zero-order valence-electron chi connectivity index (χ0n) is 10.6. The van der Waals surface area contributed by atoms with E-state index in [0.717, 1.165) is 21.6 Å². The minimum absolute atomic E-state index is 0.213. The third-order valence-corrected chi connectivity index (χ3v) is 3.84. The van der Waals surface area contributed by atoms with E-state index in [1.165, 1.54) is 7.11 Å². The Kier molecular flexibility index (Phi) is 3.76. The van der Waals surface area contributed by atoms with Crippen LogP contribution in [0.5, 0.6) is 0 Å². The van der Waals surface area contributed by atoms with Gasteiger partial charge in [-0.3, -0.25) is 4.79 Å². The van der Waals surface area contributed by atoms with Crippen LogP contribution in [-0.2, 0) is 9.53 Å². The maximum absolute atomic E-state index is 11.1. The number of ether oxygens (including phenoxy) is 1. The highest BCUT2D eigenvalue weighted by Crippen LogP contribution is 2.30. The van der Waals surface area contributed by atoms with Gasteiger partial charge in [-0.05, 0) is 17.9 Å². The third-order valence-electron chi connectivity index (χ3n) is 2.75. The van der Waals surface area contributed by atoms with Crippen LogP contribution in [0.15, 0.2) is 11.7 Å². The maximum atomic E-state index is 11.1.